The smallest absolute Gasteiger partial charge is 0.378 e. The van der Waals surface area contributed by atoms with Gasteiger partial charge in [0.15, 0.2) is 0 Å². The van der Waals surface area contributed by atoms with Crippen LogP contribution >= 0.6 is 0 Å². The molecule has 9 heteroatoms. The number of alkyl halides is 3. The zero-order valence-electron chi connectivity index (χ0n) is 12.9. The van der Waals surface area contributed by atoms with Crippen molar-refractivity contribution in [1.29, 1.82) is 0 Å². The lowest BCUT2D eigenvalue weighted by Gasteiger charge is -2.12. The first kappa shape index (κ1) is 18.0. The average molecular weight is 345 g/mol. The molecule has 0 aliphatic heterocycles. The number of hydrogen-bond donors (Lipinski definition) is 2. The van der Waals surface area contributed by atoms with Crippen LogP contribution in [0.2, 0.25) is 0 Å². The van der Waals surface area contributed by atoms with Crippen molar-refractivity contribution in [1.82, 2.24) is 5.32 Å². The van der Waals surface area contributed by atoms with Crippen molar-refractivity contribution in [3.8, 4) is 0 Å². The number of carbonyl (C=O) groups excluding carboxylic acids is 1. The van der Waals surface area contributed by atoms with Crippen molar-refractivity contribution in [2.24, 2.45) is 5.92 Å². The Morgan fingerprint density at radius 2 is 1.92 bits per heavy atom. The maximum Gasteiger partial charge on any atom is 0.416 e. The van der Waals surface area contributed by atoms with E-state index < -0.39 is 22.4 Å². The Labute approximate surface area is 136 Å². The molecule has 2 rings (SSSR count). The van der Waals surface area contributed by atoms with Gasteiger partial charge in [0.1, 0.15) is 5.69 Å². The number of nitrogens with zero attached hydrogens (tertiary/aromatic N) is 1. The average Bonchev–Trinajstić information content (AvgIpc) is 3.04. The van der Waals surface area contributed by atoms with Crippen LogP contribution in [0.5, 0.6) is 0 Å². The Morgan fingerprint density at radius 3 is 2.50 bits per heavy atom. The van der Waals surface area contributed by atoms with Crippen molar-refractivity contribution in [2.45, 2.75) is 31.9 Å². The van der Waals surface area contributed by atoms with Crippen LogP contribution in [0.3, 0.4) is 0 Å². The summed E-state index contributed by atoms with van der Waals surface area (Å²) in [5, 5.41) is 16.4. The molecular formula is C15H18F3N3O3. The monoisotopic (exact) mass is 345 g/mol. The normalized spacial score (nSPS) is 15.3. The minimum absolute atomic E-state index is 0.0110. The maximum absolute atomic E-state index is 12.6. The molecule has 6 nitrogen and oxygen atoms in total. The van der Waals surface area contributed by atoms with E-state index in [-0.39, 0.29) is 30.6 Å². The number of carbonyl (C=O) groups is 1. The quantitative estimate of drug-likeness (QED) is 0.470. The summed E-state index contributed by atoms with van der Waals surface area (Å²) in [6, 6.07) is 2.31. The van der Waals surface area contributed by atoms with Gasteiger partial charge in [-0.3, -0.25) is 14.9 Å². The van der Waals surface area contributed by atoms with Crippen LogP contribution in [-0.4, -0.2) is 23.9 Å². The zero-order chi connectivity index (χ0) is 17.7. The fourth-order valence-corrected chi connectivity index (χ4v) is 2.72. The molecule has 0 unspecified atom stereocenters. The molecule has 24 heavy (non-hydrogen) atoms. The molecule has 0 heterocycles. The molecule has 1 aromatic rings. The third kappa shape index (κ3) is 4.59. The molecule has 0 aromatic heterocycles. The molecule has 0 atom stereocenters. The van der Waals surface area contributed by atoms with E-state index in [0.29, 0.717) is 6.07 Å². The molecule has 1 fully saturated rings. The van der Waals surface area contributed by atoms with Crippen LogP contribution in [-0.2, 0) is 11.0 Å². The Balaban J connectivity index is 1.92. The Morgan fingerprint density at radius 1 is 1.25 bits per heavy atom. The van der Waals surface area contributed by atoms with E-state index in [1.54, 1.807) is 0 Å². The van der Waals surface area contributed by atoms with Crippen LogP contribution in [0.1, 0.15) is 31.2 Å². The number of halogens is 3. The van der Waals surface area contributed by atoms with Crippen molar-refractivity contribution in [3.05, 3.63) is 33.9 Å². The molecule has 0 spiro atoms. The molecule has 1 amide bonds. The number of nitro benzene ring substituents is 1. The van der Waals surface area contributed by atoms with Crippen molar-refractivity contribution in [2.75, 3.05) is 18.4 Å². The second-order valence-corrected chi connectivity index (χ2v) is 5.69. The highest BCUT2D eigenvalue weighted by Crippen LogP contribution is 2.34. The molecule has 0 bridgehead atoms. The third-order valence-corrected chi connectivity index (χ3v) is 3.99. The van der Waals surface area contributed by atoms with Gasteiger partial charge in [-0.15, -0.1) is 0 Å². The molecule has 1 aliphatic carbocycles. The maximum atomic E-state index is 12.6. The number of rotatable bonds is 6. The van der Waals surface area contributed by atoms with Gasteiger partial charge in [-0.25, -0.2) is 0 Å². The molecule has 0 saturated heterocycles. The molecule has 1 saturated carbocycles. The summed E-state index contributed by atoms with van der Waals surface area (Å²) in [4.78, 5) is 21.9. The fourth-order valence-electron chi connectivity index (χ4n) is 2.72. The van der Waals surface area contributed by atoms with Gasteiger partial charge in [0.2, 0.25) is 5.91 Å². The topological polar surface area (TPSA) is 84.3 Å². The summed E-state index contributed by atoms with van der Waals surface area (Å²) in [6.07, 6.45) is -0.839. The van der Waals surface area contributed by atoms with E-state index in [4.69, 9.17) is 0 Å². The Bertz CT molecular complexity index is 614. The van der Waals surface area contributed by atoms with E-state index in [2.05, 4.69) is 10.6 Å². The van der Waals surface area contributed by atoms with Gasteiger partial charge in [-0.2, -0.15) is 13.2 Å². The van der Waals surface area contributed by atoms with E-state index >= 15 is 0 Å². The number of nitro groups is 1. The summed E-state index contributed by atoms with van der Waals surface area (Å²) < 4.78 is 37.8. The predicted octanol–water partition coefficient (Wildman–Crippen LogP) is 3.33. The van der Waals surface area contributed by atoms with Gasteiger partial charge in [0.05, 0.1) is 10.5 Å². The van der Waals surface area contributed by atoms with Gasteiger partial charge in [0, 0.05) is 25.1 Å². The van der Waals surface area contributed by atoms with Crippen molar-refractivity contribution >= 4 is 17.3 Å². The molecule has 0 radical (unpaired) electrons. The highest BCUT2D eigenvalue weighted by molar-refractivity contribution is 5.78. The second kappa shape index (κ2) is 7.50. The molecule has 1 aromatic carbocycles. The van der Waals surface area contributed by atoms with Crippen LogP contribution in [0.4, 0.5) is 24.5 Å². The summed E-state index contributed by atoms with van der Waals surface area (Å²) in [7, 11) is 0. The predicted molar refractivity (Wildman–Crippen MR) is 81.6 cm³/mol. The lowest BCUT2D eigenvalue weighted by molar-refractivity contribution is -0.384. The first-order chi connectivity index (χ1) is 11.3. The lowest BCUT2D eigenvalue weighted by Crippen LogP contribution is -2.33. The van der Waals surface area contributed by atoms with E-state index in [0.717, 1.165) is 37.8 Å². The second-order valence-electron chi connectivity index (χ2n) is 5.69. The van der Waals surface area contributed by atoms with Crippen molar-refractivity contribution < 1.29 is 22.9 Å². The standard InChI is InChI=1S/C15H18F3N3O3/c16-15(17,18)11-5-6-12(13(9-11)21(23)24)19-7-8-20-14(22)10-3-1-2-4-10/h5-6,9-10,19H,1-4,7-8H2,(H,20,22). The fraction of sp³-hybridized carbons (Fsp3) is 0.533. The van der Waals surface area contributed by atoms with Crippen LogP contribution in [0, 0.1) is 16.0 Å². The molecular weight excluding hydrogens is 327 g/mol. The number of amides is 1. The number of anilines is 1. The Hall–Kier alpha value is -2.32. The lowest BCUT2D eigenvalue weighted by atomic mass is 10.1. The zero-order valence-corrected chi connectivity index (χ0v) is 12.9. The van der Waals surface area contributed by atoms with E-state index in [9.17, 15) is 28.1 Å². The Kier molecular flexibility index (Phi) is 5.63. The first-order valence-electron chi connectivity index (χ1n) is 7.66. The van der Waals surface area contributed by atoms with Crippen molar-refractivity contribution in [3.63, 3.8) is 0 Å². The number of hydrogen-bond acceptors (Lipinski definition) is 4. The third-order valence-electron chi connectivity index (χ3n) is 3.99. The largest absolute Gasteiger partial charge is 0.416 e. The van der Waals surface area contributed by atoms with Gasteiger partial charge in [-0.05, 0) is 25.0 Å². The van der Waals surface area contributed by atoms with Gasteiger partial charge >= 0.3 is 6.18 Å². The minimum atomic E-state index is -4.64. The summed E-state index contributed by atoms with van der Waals surface area (Å²) in [5.74, 6) is -0.0263. The number of benzene rings is 1. The van der Waals surface area contributed by atoms with Gasteiger partial charge in [-0.1, -0.05) is 12.8 Å². The minimum Gasteiger partial charge on any atom is -0.378 e. The molecule has 132 valence electrons. The van der Waals surface area contributed by atoms with Gasteiger partial charge < -0.3 is 10.6 Å². The van der Waals surface area contributed by atoms with E-state index in [1.807, 2.05) is 0 Å². The summed E-state index contributed by atoms with van der Waals surface area (Å²) in [6.45, 7) is 0.429. The highest BCUT2D eigenvalue weighted by Gasteiger charge is 2.33. The van der Waals surface area contributed by atoms with Crippen LogP contribution in [0.25, 0.3) is 0 Å². The summed E-state index contributed by atoms with van der Waals surface area (Å²) >= 11 is 0. The number of nitrogens with one attached hydrogen (secondary N) is 2. The molecule has 2 N–H and O–H groups in total. The summed E-state index contributed by atoms with van der Waals surface area (Å²) in [5.41, 5.74) is -1.73. The van der Waals surface area contributed by atoms with Gasteiger partial charge in [0.25, 0.3) is 5.69 Å². The molecule has 1 aliphatic rings. The SMILES string of the molecule is O=C(NCCNc1ccc(C(F)(F)F)cc1[N+](=O)[O-])C1CCCC1. The first-order valence-corrected chi connectivity index (χ1v) is 7.66. The van der Waals surface area contributed by atoms with Crippen LogP contribution < -0.4 is 10.6 Å². The van der Waals surface area contributed by atoms with E-state index in [1.165, 1.54) is 0 Å². The van der Waals surface area contributed by atoms with Crippen LogP contribution in [0.15, 0.2) is 18.2 Å². The highest BCUT2D eigenvalue weighted by atomic mass is 19.4.